The maximum Gasteiger partial charge on any atom is 0.309 e. The normalized spacial score (nSPS) is 36.0. The number of thiazole rings is 1. The van der Waals surface area contributed by atoms with Crippen LogP contribution in [0.4, 0.5) is 0 Å². The summed E-state index contributed by atoms with van der Waals surface area (Å²) in [5.74, 6) is -1.69. The van der Waals surface area contributed by atoms with Crippen molar-refractivity contribution in [3.8, 4) is 0 Å². The molecule has 0 unspecified atom stereocenters. The number of rotatable bonds is 2. The first-order valence-electron chi connectivity index (χ1n) is 11.9. The van der Waals surface area contributed by atoms with E-state index in [1.165, 1.54) is 0 Å². The van der Waals surface area contributed by atoms with Crippen LogP contribution < -0.4 is 0 Å². The van der Waals surface area contributed by atoms with Gasteiger partial charge in [0.1, 0.15) is 11.9 Å². The zero-order chi connectivity index (χ0) is 25.2. The number of aliphatic hydroxyl groups excluding tert-OH is 2. The highest BCUT2D eigenvalue weighted by molar-refractivity contribution is 7.09. The number of nitrogens with zero attached hydrogens (tertiary/aromatic N) is 1. The molecule has 1 aromatic rings. The Kier molecular flexibility index (Phi) is 8.68. The number of cyclic esters (lactones) is 1. The van der Waals surface area contributed by atoms with Gasteiger partial charge < -0.3 is 24.4 Å². The van der Waals surface area contributed by atoms with Crippen molar-refractivity contribution in [2.45, 2.75) is 97.4 Å². The molecule has 34 heavy (non-hydrogen) atoms. The number of aryl methyl sites for hydroxylation is 1. The molecule has 1 aromatic heterocycles. The van der Waals surface area contributed by atoms with E-state index in [9.17, 15) is 19.8 Å². The summed E-state index contributed by atoms with van der Waals surface area (Å²) in [5, 5.41) is 24.3. The fourth-order valence-electron chi connectivity index (χ4n) is 4.35. The van der Waals surface area contributed by atoms with Gasteiger partial charge in [0.2, 0.25) is 0 Å². The van der Waals surface area contributed by atoms with Gasteiger partial charge in [0, 0.05) is 24.3 Å². The molecule has 2 saturated heterocycles. The number of epoxide rings is 1. The molecular weight excluding hydrogens is 458 g/mol. The average molecular weight is 496 g/mol. The van der Waals surface area contributed by atoms with E-state index in [4.69, 9.17) is 14.2 Å². The third-order valence-corrected chi connectivity index (χ3v) is 7.74. The molecule has 0 aromatic carbocycles. The predicted molar refractivity (Wildman–Crippen MR) is 128 cm³/mol. The number of fused-ring (bicyclic) bond motifs is 1. The molecule has 3 heterocycles. The molecule has 0 amide bonds. The van der Waals surface area contributed by atoms with Gasteiger partial charge in [-0.15, -0.1) is 11.3 Å². The number of ether oxygens (including phenoxy) is 3. The molecule has 0 spiro atoms. The quantitative estimate of drug-likeness (QED) is 0.475. The Bertz CT molecular complexity index is 911. The molecule has 0 saturated carbocycles. The van der Waals surface area contributed by atoms with Crippen LogP contribution in [0.1, 0.15) is 64.6 Å². The first kappa shape index (κ1) is 26.9. The number of carbonyl (C=O) groups excluding carboxylic acids is 2. The standard InChI is InChI=1S/C25H37NO7S/c1-13(9-17-12-34-16(4)26-17)19-10-20-18(32-20)7-8-31-15(3)23(29)14(2)24(30)25(5,6)21(27)11-22(28)33-19/h9,12,14-15,18-21,23,27,29H,7-8,10-11H2,1-6H3/t14-,15+,18-,19+,20+,21+,23+/m1/s1. The zero-order valence-corrected chi connectivity index (χ0v) is 21.6. The molecule has 2 N–H and O–H groups in total. The molecule has 2 fully saturated rings. The summed E-state index contributed by atoms with van der Waals surface area (Å²) in [6, 6.07) is 0. The van der Waals surface area contributed by atoms with Crippen molar-refractivity contribution in [1.29, 1.82) is 0 Å². The number of aliphatic hydroxyl groups is 2. The van der Waals surface area contributed by atoms with Gasteiger partial charge in [0.05, 0.1) is 53.1 Å². The van der Waals surface area contributed by atoms with Crippen molar-refractivity contribution < 1.29 is 34.0 Å². The van der Waals surface area contributed by atoms with Gasteiger partial charge in [0.15, 0.2) is 0 Å². The monoisotopic (exact) mass is 495 g/mol. The maximum absolute atomic E-state index is 13.1. The van der Waals surface area contributed by atoms with E-state index in [0.29, 0.717) is 19.4 Å². The summed E-state index contributed by atoms with van der Waals surface area (Å²) >= 11 is 1.54. The number of esters is 1. The zero-order valence-electron chi connectivity index (χ0n) is 20.8. The van der Waals surface area contributed by atoms with Crippen molar-refractivity contribution in [1.82, 2.24) is 4.98 Å². The summed E-state index contributed by atoms with van der Waals surface area (Å²) in [4.78, 5) is 30.4. The Balaban J connectivity index is 1.81. The minimum absolute atomic E-state index is 0.0173. The number of carbonyl (C=O) groups is 2. The number of hydrogen-bond donors (Lipinski definition) is 2. The summed E-state index contributed by atoms with van der Waals surface area (Å²) in [5.41, 5.74) is 0.387. The third-order valence-electron chi connectivity index (χ3n) is 6.95. The van der Waals surface area contributed by atoms with E-state index >= 15 is 0 Å². The van der Waals surface area contributed by atoms with Gasteiger partial charge in [-0.05, 0) is 38.8 Å². The first-order valence-corrected chi connectivity index (χ1v) is 12.8. The lowest BCUT2D eigenvalue weighted by molar-refractivity contribution is -0.155. The Hall–Kier alpha value is -1.65. The summed E-state index contributed by atoms with van der Waals surface area (Å²) in [6.07, 6.45) is -0.780. The molecule has 8 nitrogen and oxygen atoms in total. The summed E-state index contributed by atoms with van der Waals surface area (Å²) in [6.45, 7) is 10.7. The van der Waals surface area contributed by atoms with E-state index in [2.05, 4.69) is 4.98 Å². The van der Waals surface area contributed by atoms with E-state index in [1.807, 2.05) is 25.3 Å². The second-order valence-electron chi connectivity index (χ2n) is 10.1. The van der Waals surface area contributed by atoms with Crippen molar-refractivity contribution in [2.24, 2.45) is 11.3 Å². The molecule has 9 heteroatoms. The Morgan fingerprint density at radius 2 is 1.94 bits per heavy atom. The van der Waals surface area contributed by atoms with Crippen LogP contribution in [0.2, 0.25) is 0 Å². The van der Waals surface area contributed by atoms with E-state index in [-0.39, 0.29) is 24.4 Å². The van der Waals surface area contributed by atoms with Crippen molar-refractivity contribution in [3.63, 3.8) is 0 Å². The highest BCUT2D eigenvalue weighted by Crippen LogP contribution is 2.34. The number of aromatic nitrogens is 1. The molecule has 190 valence electrons. The van der Waals surface area contributed by atoms with Crippen LogP contribution in [0.15, 0.2) is 11.0 Å². The molecular formula is C25H37NO7S. The van der Waals surface area contributed by atoms with Gasteiger partial charge in [-0.2, -0.15) is 0 Å². The minimum atomic E-state index is -1.26. The number of ketones is 1. The van der Waals surface area contributed by atoms with Crippen LogP contribution in [-0.4, -0.2) is 70.2 Å². The summed E-state index contributed by atoms with van der Waals surface area (Å²) < 4.78 is 17.4. The fourth-order valence-corrected chi connectivity index (χ4v) is 4.92. The van der Waals surface area contributed by atoms with Crippen LogP contribution in [0.3, 0.4) is 0 Å². The molecule has 0 radical (unpaired) electrons. The number of Topliss-reactive ketones (excluding diaryl/α,β-unsaturated/α-hetero) is 1. The minimum Gasteiger partial charge on any atom is -0.458 e. The number of hydrogen-bond acceptors (Lipinski definition) is 9. The van der Waals surface area contributed by atoms with Gasteiger partial charge in [-0.3, -0.25) is 9.59 Å². The summed E-state index contributed by atoms with van der Waals surface area (Å²) in [7, 11) is 0. The van der Waals surface area contributed by atoms with E-state index < -0.39 is 41.7 Å². The largest absolute Gasteiger partial charge is 0.458 e. The average Bonchev–Trinajstić information content (AvgIpc) is 3.38. The lowest BCUT2D eigenvalue weighted by Crippen LogP contribution is -2.47. The molecule has 0 aliphatic carbocycles. The SMILES string of the molecule is CC(=Cc1csc(C)n1)[C@@H]1C[C@@H]2O[C@@H]2CCO[C@@H](C)[C@@H](O)[C@@H](C)C(=O)C(C)(C)[C@@H](O)CC(=O)O1. The maximum atomic E-state index is 13.1. The smallest absolute Gasteiger partial charge is 0.309 e. The molecule has 2 aliphatic heterocycles. The lowest BCUT2D eigenvalue weighted by atomic mass is 9.74. The Morgan fingerprint density at radius 1 is 1.24 bits per heavy atom. The second kappa shape index (κ2) is 11.0. The molecule has 2 aliphatic rings. The Morgan fingerprint density at radius 3 is 2.59 bits per heavy atom. The van der Waals surface area contributed by atoms with Crippen molar-refractivity contribution in [3.05, 3.63) is 21.7 Å². The first-order chi connectivity index (χ1) is 15.9. The molecule has 3 rings (SSSR count). The van der Waals surface area contributed by atoms with Crippen molar-refractivity contribution in [2.75, 3.05) is 6.61 Å². The lowest BCUT2D eigenvalue weighted by Gasteiger charge is -2.34. The topological polar surface area (TPSA) is 118 Å². The molecule has 7 atom stereocenters. The fraction of sp³-hybridized carbons (Fsp3) is 0.720. The third kappa shape index (κ3) is 6.51. The molecule has 0 bridgehead atoms. The van der Waals surface area contributed by atoms with E-state index in [0.717, 1.165) is 16.3 Å². The second-order valence-corrected chi connectivity index (χ2v) is 11.1. The predicted octanol–water partition coefficient (Wildman–Crippen LogP) is 3.08. The van der Waals surface area contributed by atoms with Gasteiger partial charge in [-0.1, -0.05) is 20.8 Å². The van der Waals surface area contributed by atoms with Gasteiger partial charge in [0.25, 0.3) is 0 Å². The highest BCUT2D eigenvalue weighted by atomic mass is 32.1. The van der Waals surface area contributed by atoms with Gasteiger partial charge >= 0.3 is 5.97 Å². The van der Waals surface area contributed by atoms with Crippen LogP contribution in [0, 0.1) is 18.3 Å². The van der Waals surface area contributed by atoms with Crippen LogP contribution in [0.25, 0.3) is 6.08 Å². The van der Waals surface area contributed by atoms with Crippen LogP contribution in [-0.2, 0) is 23.8 Å². The highest BCUT2D eigenvalue weighted by Gasteiger charge is 2.44. The van der Waals surface area contributed by atoms with Crippen LogP contribution in [0.5, 0.6) is 0 Å². The van der Waals surface area contributed by atoms with E-state index in [1.54, 1.807) is 39.0 Å². The van der Waals surface area contributed by atoms with Crippen LogP contribution >= 0.6 is 11.3 Å². The van der Waals surface area contributed by atoms with Gasteiger partial charge in [-0.25, -0.2) is 4.98 Å². The van der Waals surface area contributed by atoms with Crippen molar-refractivity contribution >= 4 is 29.2 Å². The Labute approximate surface area is 205 Å².